The molecule has 1 aliphatic rings. The highest BCUT2D eigenvalue weighted by molar-refractivity contribution is 5.86. The molecule has 0 saturated carbocycles. The van der Waals surface area contributed by atoms with Crippen LogP contribution in [0, 0.1) is 0 Å². The van der Waals surface area contributed by atoms with Crippen molar-refractivity contribution in [1.29, 1.82) is 0 Å². The second-order valence-corrected chi connectivity index (χ2v) is 3.78. The number of aliphatic carboxylic acids is 1. The van der Waals surface area contributed by atoms with Crippen LogP contribution in [0.1, 0.15) is 19.3 Å². The number of methoxy groups -OCH3 is 1. The fraction of sp³-hybridized carbons (Fsp3) is 0.700. The Kier molecular flexibility index (Phi) is 4.74. The molecular weight excluding hydrogens is 228 g/mol. The van der Waals surface area contributed by atoms with E-state index in [0.29, 0.717) is 13.0 Å². The lowest BCUT2D eigenvalue weighted by Gasteiger charge is -2.32. The number of amides is 2. The maximum absolute atomic E-state index is 11.7. The first kappa shape index (κ1) is 13.3. The lowest BCUT2D eigenvalue weighted by molar-refractivity contribution is -0.151. The molecule has 17 heavy (non-hydrogen) atoms. The zero-order valence-corrected chi connectivity index (χ0v) is 9.64. The van der Waals surface area contributed by atoms with Crippen LogP contribution in [0.5, 0.6) is 0 Å². The van der Waals surface area contributed by atoms with Crippen LogP contribution in [0.15, 0.2) is 0 Å². The molecule has 96 valence electrons. The molecule has 7 nitrogen and oxygen atoms in total. The van der Waals surface area contributed by atoms with Crippen LogP contribution in [0.3, 0.4) is 0 Å². The summed E-state index contributed by atoms with van der Waals surface area (Å²) in [7, 11) is 1.20. The van der Waals surface area contributed by atoms with E-state index >= 15 is 0 Å². The third-order valence-electron chi connectivity index (χ3n) is 2.68. The molecule has 1 heterocycles. The van der Waals surface area contributed by atoms with E-state index < -0.39 is 24.0 Å². The van der Waals surface area contributed by atoms with Gasteiger partial charge >= 0.3 is 12.1 Å². The molecule has 0 spiro atoms. The van der Waals surface area contributed by atoms with Gasteiger partial charge in [0.2, 0.25) is 5.91 Å². The number of ether oxygens (including phenoxy) is 1. The van der Waals surface area contributed by atoms with Crippen LogP contribution in [-0.4, -0.2) is 54.2 Å². The van der Waals surface area contributed by atoms with Crippen LogP contribution < -0.4 is 5.32 Å². The van der Waals surface area contributed by atoms with Crippen molar-refractivity contribution >= 4 is 18.0 Å². The summed E-state index contributed by atoms with van der Waals surface area (Å²) in [5.74, 6) is -1.40. The molecule has 1 fully saturated rings. The van der Waals surface area contributed by atoms with Crippen molar-refractivity contribution in [3.8, 4) is 0 Å². The van der Waals surface area contributed by atoms with Gasteiger partial charge in [-0.1, -0.05) is 0 Å². The van der Waals surface area contributed by atoms with Crippen molar-refractivity contribution < 1.29 is 24.2 Å². The van der Waals surface area contributed by atoms with Gasteiger partial charge in [-0.05, 0) is 19.3 Å². The summed E-state index contributed by atoms with van der Waals surface area (Å²) in [5, 5.41) is 11.2. The average molecular weight is 244 g/mol. The first-order chi connectivity index (χ1) is 8.06. The number of nitrogens with zero attached hydrogens (tertiary/aromatic N) is 1. The van der Waals surface area contributed by atoms with Gasteiger partial charge in [0, 0.05) is 6.54 Å². The molecule has 7 heteroatoms. The molecule has 1 aliphatic heterocycles. The van der Waals surface area contributed by atoms with E-state index in [0.717, 1.165) is 12.8 Å². The quantitative estimate of drug-likeness (QED) is 0.717. The highest BCUT2D eigenvalue weighted by Crippen LogP contribution is 2.17. The second kappa shape index (κ2) is 6.07. The third kappa shape index (κ3) is 3.61. The van der Waals surface area contributed by atoms with E-state index in [1.807, 2.05) is 0 Å². The highest BCUT2D eigenvalue weighted by Gasteiger charge is 2.31. The van der Waals surface area contributed by atoms with Crippen LogP contribution in [-0.2, 0) is 14.3 Å². The van der Waals surface area contributed by atoms with Gasteiger partial charge in [-0.3, -0.25) is 4.79 Å². The van der Waals surface area contributed by atoms with Gasteiger partial charge in [0.05, 0.1) is 7.11 Å². The fourth-order valence-corrected chi connectivity index (χ4v) is 1.81. The summed E-state index contributed by atoms with van der Waals surface area (Å²) < 4.78 is 4.33. The average Bonchev–Trinajstić information content (AvgIpc) is 2.35. The van der Waals surface area contributed by atoms with Crippen LogP contribution >= 0.6 is 0 Å². The first-order valence-corrected chi connectivity index (χ1v) is 5.40. The molecule has 0 aromatic carbocycles. The Balaban J connectivity index is 2.53. The summed E-state index contributed by atoms with van der Waals surface area (Å²) >= 11 is 0. The summed E-state index contributed by atoms with van der Waals surface area (Å²) in [6.07, 6.45) is 1.33. The SMILES string of the molecule is COC(=O)NCC(=O)N1CCCCC1C(=O)O. The van der Waals surface area contributed by atoms with Crippen molar-refractivity contribution in [3.63, 3.8) is 0 Å². The zero-order valence-electron chi connectivity index (χ0n) is 9.64. The Labute approximate surface area is 98.7 Å². The predicted molar refractivity (Wildman–Crippen MR) is 57.4 cm³/mol. The first-order valence-electron chi connectivity index (χ1n) is 5.40. The van der Waals surface area contributed by atoms with Crippen molar-refractivity contribution in [1.82, 2.24) is 10.2 Å². The van der Waals surface area contributed by atoms with Crippen LogP contribution in [0.2, 0.25) is 0 Å². The Morgan fingerprint density at radius 3 is 2.71 bits per heavy atom. The number of carboxylic acids is 1. The van der Waals surface area contributed by atoms with Crippen LogP contribution in [0.25, 0.3) is 0 Å². The molecule has 0 aromatic heterocycles. The van der Waals surface area contributed by atoms with Gasteiger partial charge in [0.1, 0.15) is 12.6 Å². The van der Waals surface area contributed by atoms with Gasteiger partial charge < -0.3 is 20.1 Å². The lowest BCUT2D eigenvalue weighted by Crippen LogP contribution is -2.51. The maximum atomic E-state index is 11.7. The number of alkyl carbamates (subject to hydrolysis) is 1. The van der Waals surface area contributed by atoms with Crippen molar-refractivity contribution in [2.75, 3.05) is 20.2 Å². The number of hydrogen-bond donors (Lipinski definition) is 2. The minimum absolute atomic E-state index is 0.240. The van der Waals surface area contributed by atoms with Gasteiger partial charge in [-0.15, -0.1) is 0 Å². The molecule has 1 rings (SSSR count). The maximum Gasteiger partial charge on any atom is 0.407 e. The summed E-state index contributed by atoms with van der Waals surface area (Å²) in [5.41, 5.74) is 0. The molecule has 2 amide bonds. The van der Waals surface area contributed by atoms with Crippen molar-refractivity contribution in [3.05, 3.63) is 0 Å². The standard InChI is InChI=1S/C10H16N2O5/c1-17-10(16)11-6-8(13)12-5-3-2-4-7(12)9(14)15/h7H,2-6H2,1H3,(H,11,16)(H,14,15). The monoisotopic (exact) mass is 244 g/mol. The summed E-state index contributed by atoms with van der Waals surface area (Å²) in [6, 6.07) is -0.782. The van der Waals surface area contributed by atoms with E-state index in [4.69, 9.17) is 5.11 Å². The number of carbonyl (C=O) groups is 3. The number of piperidine rings is 1. The number of likely N-dealkylation sites (tertiary alicyclic amines) is 1. The highest BCUT2D eigenvalue weighted by atomic mass is 16.5. The zero-order chi connectivity index (χ0) is 12.8. The Morgan fingerprint density at radius 2 is 2.12 bits per heavy atom. The summed E-state index contributed by atoms with van der Waals surface area (Å²) in [4.78, 5) is 34.8. The molecule has 0 radical (unpaired) electrons. The number of carbonyl (C=O) groups excluding carboxylic acids is 2. The van der Waals surface area contributed by atoms with Crippen LogP contribution in [0.4, 0.5) is 4.79 Å². The molecule has 1 atom stereocenters. The van der Waals surface area contributed by atoms with Crippen molar-refractivity contribution in [2.24, 2.45) is 0 Å². The number of nitrogens with one attached hydrogen (secondary N) is 1. The molecule has 1 saturated heterocycles. The molecule has 2 N–H and O–H groups in total. The summed E-state index contributed by atoms with van der Waals surface area (Å²) in [6.45, 7) is 0.176. The van der Waals surface area contributed by atoms with E-state index in [1.165, 1.54) is 12.0 Å². The minimum Gasteiger partial charge on any atom is -0.480 e. The van der Waals surface area contributed by atoms with E-state index in [-0.39, 0.29) is 6.54 Å². The molecule has 0 aromatic rings. The van der Waals surface area contributed by atoms with Gasteiger partial charge in [-0.2, -0.15) is 0 Å². The molecule has 1 unspecified atom stereocenters. The number of carboxylic acid groups (broad SMARTS) is 1. The van der Waals surface area contributed by atoms with Gasteiger partial charge in [-0.25, -0.2) is 9.59 Å². The third-order valence-corrected chi connectivity index (χ3v) is 2.68. The largest absolute Gasteiger partial charge is 0.480 e. The molecule has 0 bridgehead atoms. The smallest absolute Gasteiger partial charge is 0.407 e. The molecule has 0 aliphatic carbocycles. The minimum atomic E-state index is -1.00. The normalized spacial score (nSPS) is 19.6. The number of rotatable bonds is 3. The predicted octanol–water partition coefficient (Wildman–Crippen LogP) is -0.192. The Morgan fingerprint density at radius 1 is 1.41 bits per heavy atom. The van der Waals surface area contributed by atoms with Gasteiger partial charge in [0.25, 0.3) is 0 Å². The van der Waals surface area contributed by atoms with E-state index in [1.54, 1.807) is 0 Å². The Bertz CT molecular complexity index is 318. The number of hydrogen-bond acceptors (Lipinski definition) is 4. The topological polar surface area (TPSA) is 95.9 Å². The molecular formula is C10H16N2O5. The Hall–Kier alpha value is -1.79. The van der Waals surface area contributed by atoms with E-state index in [9.17, 15) is 14.4 Å². The second-order valence-electron chi connectivity index (χ2n) is 3.78. The van der Waals surface area contributed by atoms with Crippen molar-refractivity contribution in [2.45, 2.75) is 25.3 Å². The lowest BCUT2D eigenvalue weighted by atomic mass is 10.0. The van der Waals surface area contributed by atoms with E-state index in [2.05, 4.69) is 10.1 Å². The fourth-order valence-electron chi connectivity index (χ4n) is 1.81. The van der Waals surface area contributed by atoms with Gasteiger partial charge in [0.15, 0.2) is 0 Å².